The van der Waals surface area contributed by atoms with Gasteiger partial charge in [0.05, 0.1) is 0 Å². The van der Waals surface area contributed by atoms with Gasteiger partial charge < -0.3 is 9.80 Å². The Morgan fingerprint density at radius 3 is 0.700 bits per heavy atom. The Hall–Kier alpha value is -0.660. The quantitative estimate of drug-likeness (QED) is 0.0585. The van der Waals surface area contributed by atoms with E-state index in [0.29, 0.717) is 6.17 Å². The molecule has 0 bridgehead atoms. The zero-order valence-electron chi connectivity index (χ0n) is 35.3. The molecule has 1 atom stereocenters. The van der Waals surface area contributed by atoms with E-state index in [9.17, 15) is 0 Å². The zero-order chi connectivity index (χ0) is 35.8. The average Bonchev–Trinajstić information content (AvgIpc) is 3.51. The topological polar surface area (TPSA) is 6.48 Å². The Morgan fingerprint density at radius 2 is 0.460 bits per heavy atom. The third kappa shape index (κ3) is 30.9. The highest BCUT2D eigenvalue weighted by molar-refractivity contribution is 4.97. The largest absolute Gasteiger partial charge is 0.356 e. The summed E-state index contributed by atoms with van der Waals surface area (Å²) in [4.78, 5) is 5.44. The van der Waals surface area contributed by atoms with Crippen molar-refractivity contribution in [2.45, 2.75) is 284 Å². The number of hydrogen-bond acceptors (Lipinski definition) is 2. The van der Waals surface area contributed by atoms with Crippen molar-refractivity contribution in [3.63, 3.8) is 0 Å². The molecule has 50 heavy (non-hydrogen) atoms. The lowest BCUT2D eigenvalue weighted by molar-refractivity contribution is 0.135. The molecule has 0 aromatic carbocycles. The fraction of sp³-hybridized carbons (Fsp3) is 0.958. The molecule has 0 aromatic heterocycles. The highest BCUT2D eigenvalue weighted by Gasteiger charge is 2.24. The highest BCUT2D eigenvalue weighted by atomic mass is 15.4. The van der Waals surface area contributed by atoms with Crippen molar-refractivity contribution in [3.05, 3.63) is 12.4 Å². The molecule has 1 heterocycles. The molecule has 1 unspecified atom stereocenters. The molecule has 1 aliphatic rings. The van der Waals surface area contributed by atoms with Crippen LogP contribution < -0.4 is 0 Å². The van der Waals surface area contributed by atoms with Crippen molar-refractivity contribution >= 4 is 0 Å². The summed E-state index contributed by atoms with van der Waals surface area (Å²) in [5.41, 5.74) is 0. The first-order valence-electron chi connectivity index (χ1n) is 24.0. The molecule has 2 heteroatoms. The van der Waals surface area contributed by atoms with Gasteiger partial charge in [-0.3, -0.25) is 0 Å². The van der Waals surface area contributed by atoms with Crippen LogP contribution in [-0.2, 0) is 0 Å². The molecule has 2 nitrogen and oxygen atoms in total. The summed E-state index contributed by atoms with van der Waals surface area (Å²) < 4.78 is 0. The molecular formula is C48H96N2. The summed E-state index contributed by atoms with van der Waals surface area (Å²) in [5.74, 6) is 0. The first kappa shape index (κ1) is 47.4. The van der Waals surface area contributed by atoms with E-state index in [1.54, 1.807) is 0 Å². The van der Waals surface area contributed by atoms with E-state index in [0.717, 1.165) is 0 Å². The van der Waals surface area contributed by atoms with Gasteiger partial charge in [-0.2, -0.15) is 0 Å². The molecule has 0 radical (unpaired) electrons. The third-order valence-corrected chi connectivity index (χ3v) is 11.8. The van der Waals surface area contributed by atoms with Crippen LogP contribution in [0.2, 0.25) is 0 Å². The fourth-order valence-corrected chi connectivity index (χ4v) is 8.31. The zero-order valence-corrected chi connectivity index (χ0v) is 35.3. The molecular weight excluding hydrogens is 605 g/mol. The van der Waals surface area contributed by atoms with Gasteiger partial charge in [-0.05, 0) is 25.7 Å². The van der Waals surface area contributed by atoms with Gasteiger partial charge in [0.15, 0.2) is 0 Å². The Bertz CT molecular complexity index is 659. The van der Waals surface area contributed by atoms with Gasteiger partial charge in [-0.15, -0.1) is 0 Å². The molecule has 0 amide bonds. The van der Waals surface area contributed by atoms with E-state index in [4.69, 9.17) is 0 Å². The summed E-state index contributed by atoms with van der Waals surface area (Å²) in [6.07, 6.45) is 63.4. The van der Waals surface area contributed by atoms with Gasteiger partial charge >= 0.3 is 0 Å². The van der Waals surface area contributed by atoms with Gasteiger partial charge in [0.1, 0.15) is 6.17 Å². The lowest BCUT2D eigenvalue weighted by Crippen LogP contribution is -2.39. The molecule has 0 spiro atoms. The number of unbranched alkanes of at least 4 members (excludes halogenated alkanes) is 36. The van der Waals surface area contributed by atoms with E-state index < -0.39 is 0 Å². The van der Waals surface area contributed by atoms with Gasteiger partial charge in [0.2, 0.25) is 0 Å². The van der Waals surface area contributed by atoms with Crippen LogP contribution in [0, 0.1) is 0 Å². The number of hydrogen-bond donors (Lipinski definition) is 0. The fourth-order valence-electron chi connectivity index (χ4n) is 8.31. The molecule has 0 aliphatic carbocycles. The van der Waals surface area contributed by atoms with Crippen LogP contribution in [0.25, 0.3) is 0 Å². The molecule has 0 saturated carbocycles. The third-order valence-electron chi connectivity index (χ3n) is 11.8. The summed E-state index contributed by atoms with van der Waals surface area (Å²) in [6.45, 7) is 9.49. The molecule has 0 fully saturated rings. The number of nitrogens with zero attached hydrogens (tertiary/aromatic N) is 2. The Balaban J connectivity index is 2.07. The first-order valence-corrected chi connectivity index (χ1v) is 24.0. The van der Waals surface area contributed by atoms with Crippen LogP contribution in [0.1, 0.15) is 278 Å². The van der Waals surface area contributed by atoms with Gasteiger partial charge in [0.25, 0.3) is 0 Å². The average molecular weight is 701 g/mol. The Kier molecular flexibility index (Phi) is 37.5. The van der Waals surface area contributed by atoms with Crippen LogP contribution in [0.4, 0.5) is 0 Å². The second-order valence-electron chi connectivity index (χ2n) is 16.8. The predicted molar refractivity (Wildman–Crippen MR) is 228 cm³/mol. The lowest BCUT2D eigenvalue weighted by atomic mass is 10.0. The maximum Gasteiger partial charge on any atom is 0.101 e. The molecule has 1 aliphatic heterocycles. The second kappa shape index (κ2) is 39.5. The van der Waals surface area contributed by atoms with Crippen LogP contribution in [-0.4, -0.2) is 29.1 Å². The van der Waals surface area contributed by atoms with Gasteiger partial charge in [-0.1, -0.05) is 252 Å². The summed E-state index contributed by atoms with van der Waals surface area (Å²) in [5, 5.41) is 0. The number of rotatable bonds is 42. The predicted octanol–water partition coefficient (Wildman–Crippen LogP) is 17.1. The van der Waals surface area contributed by atoms with Crippen LogP contribution in [0.5, 0.6) is 0 Å². The van der Waals surface area contributed by atoms with Crippen LogP contribution >= 0.6 is 0 Å². The molecule has 0 saturated heterocycles. The maximum absolute atomic E-state index is 2.73. The van der Waals surface area contributed by atoms with E-state index in [1.165, 1.54) is 270 Å². The Morgan fingerprint density at radius 1 is 0.260 bits per heavy atom. The molecule has 0 N–H and O–H groups in total. The minimum Gasteiger partial charge on any atom is -0.356 e. The second-order valence-corrected chi connectivity index (χ2v) is 16.8. The normalized spacial score (nSPS) is 14.5. The van der Waals surface area contributed by atoms with Gasteiger partial charge in [-0.25, -0.2) is 0 Å². The smallest absolute Gasteiger partial charge is 0.101 e. The summed E-state index contributed by atoms with van der Waals surface area (Å²) in [7, 11) is 0. The standard InChI is InChI=1S/C48H96N2/c1-4-7-10-13-15-17-19-21-23-25-27-29-31-33-35-37-40-43-48-49(44-41-38-12-9-6-3)46-47-50(48)45-42-39-36-34-32-30-28-26-24-22-20-18-16-14-11-8-5-2/h46-48H,4-45H2,1-3H3. The molecule has 298 valence electrons. The highest BCUT2D eigenvalue weighted by Crippen LogP contribution is 2.24. The van der Waals surface area contributed by atoms with Crippen molar-refractivity contribution in [1.29, 1.82) is 0 Å². The van der Waals surface area contributed by atoms with E-state index in [1.807, 2.05) is 0 Å². The minimum atomic E-state index is 0.638. The Labute approximate surface area is 318 Å². The summed E-state index contributed by atoms with van der Waals surface area (Å²) in [6, 6.07) is 0. The summed E-state index contributed by atoms with van der Waals surface area (Å²) >= 11 is 0. The van der Waals surface area contributed by atoms with Crippen molar-refractivity contribution in [1.82, 2.24) is 9.80 Å². The van der Waals surface area contributed by atoms with Crippen molar-refractivity contribution in [2.24, 2.45) is 0 Å². The van der Waals surface area contributed by atoms with Gasteiger partial charge in [0, 0.05) is 25.5 Å². The first-order chi connectivity index (χ1) is 24.8. The monoisotopic (exact) mass is 701 g/mol. The van der Waals surface area contributed by atoms with E-state index >= 15 is 0 Å². The SMILES string of the molecule is CCCCCCCCCCCCCCCCCCCC1N(CCCCCCC)C=CN1CCCCCCCCCCCCCCCCCCC. The van der Waals surface area contributed by atoms with E-state index in [-0.39, 0.29) is 0 Å². The van der Waals surface area contributed by atoms with Crippen molar-refractivity contribution in [3.8, 4) is 0 Å². The lowest BCUT2D eigenvalue weighted by Gasteiger charge is -2.33. The van der Waals surface area contributed by atoms with Crippen LogP contribution in [0.3, 0.4) is 0 Å². The molecule has 1 rings (SSSR count). The van der Waals surface area contributed by atoms with Crippen molar-refractivity contribution in [2.75, 3.05) is 13.1 Å². The van der Waals surface area contributed by atoms with E-state index in [2.05, 4.69) is 43.0 Å². The van der Waals surface area contributed by atoms with Crippen LogP contribution in [0.15, 0.2) is 12.4 Å². The van der Waals surface area contributed by atoms with Crippen molar-refractivity contribution < 1.29 is 0 Å². The maximum atomic E-state index is 2.73. The minimum absolute atomic E-state index is 0.638. The molecule has 0 aromatic rings.